The van der Waals surface area contributed by atoms with Gasteiger partial charge in [0.25, 0.3) is 0 Å². The van der Waals surface area contributed by atoms with Crippen molar-refractivity contribution in [3.63, 3.8) is 0 Å². The molecule has 0 aromatic carbocycles. The lowest BCUT2D eigenvalue weighted by Gasteiger charge is -2.13. The molecule has 1 fully saturated rings. The van der Waals surface area contributed by atoms with Gasteiger partial charge in [0.2, 0.25) is 11.9 Å². The van der Waals surface area contributed by atoms with E-state index >= 15 is 0 Å². The summed E-state index contributed by atoms with van der Waals surface area (Å²) in [6.07, 6.45) is 2.33. The maximum Gasteiger partial charge on any atom is 0.242 e. The normalized spacial score (nSPS) is 17.1. The number of fused-ring (bicyclic) bond motifs is 1. The number of rotatable bonds is 4. The van der Waals surface area contributed by atoms with E-state index in [1.165, 1.54) is 0 Å². The lowest BCUT2D eigenvalue weighted by molar-refractivity contribution is -0.119. The van der Waals surface area contributed by atoms with Crippen LogP contribution in [0.1, 0.15) is 26.0 Å². The minimum absolute atomic E-state index is 0.0489. The fourth-order valence-electron chi connectivity index (χ4n) is 2.43. The van der Waals surface area contributed by atoms with Crippen molar-refractivity contribution >= 4 is 28.6 Å². The molecule has 1 amide bonds. The Morgan fingerprint density at radius 2 is 2.26 bits per heavy atom. The van der Waals surface area contributed by atoms with Gasteiger partial charge in [0.05, 0.1) is 0 Å². The smallest absolute Gasteiger partial charge is 0.242 e. The molecule has 1 saturated heterocycles. The summed E-state index contributed by atoms with van der Waals surface area (Å²) in [5, 5.41) is 18.8. The largest absolute Gasteiger partial charge is 0.366 e. The molecule has 2 aromatic heterocycles. The van der Waals surface area contributed by atoms with Crippen molar-refractivity contribution < 1.29 is 4.79 Å². The summed E-state index contributed by atoms with van der Waals surface area (Å²) in [6, 6.07) is 3.51. The average Bonchev–Trinajstić information content (AvgIpc) is 2.92. The van der Waals surface area contributed by atoms with E-state index in [1.54, 1.807) is 12.3 Å². The second kappa shape index (κ2) is 6.04. The highest BCUT2D eigenvalue weighted by atomic mass is 16.2. The Bertz CT molecular complexity index is 796. The van der Waals surface area contributed by atoms with Gasteiger partial charge in [-0.25, -0.2) is 15.0 Å². The molecular formula is C15H17N7O. The van der Waals surface area contributed by atoms with E-state index in [4.69, 9.17) is 5.26 Å². The summed E-state index contributed by atoms with van der Waals surface area (Å²) < 4.78 is 0. The van der Waals surface area contributed by atoms with Gasteiger partial charge >= 0.3 is 0 Å². The topological polar surface area (TPSA) is 116 Å². The van der Waals surface area contributed by atoms with Crippen LogP contribution < -0.4 is 16.0 Å². The molecule has 0 aliphatic carbocycles. The summed E-state index contributed by atoms with van der Waals surface area (Å²) in [7, 11) is 0. The van der Waals surface area contributed by atoms with Crippen molar-refractivity contribution in [1.82, 2.24) is 20.3 Å². The Hall–Kier alpha value is -2.95. The molecule has 2 aromatic rings. The second-order valence-corrected chi connectivity index (χ2v) is 5.68. The fourth-order valence-corrected chi connectivity index (χ4v) is 2.43. The van der Waals surface area contributed by atoms with Crippen molar-refractivity contribution in [3.8, 4) is 6.07 Å². The number of carbonyl (C=O) groups excluding carboxylic acids is 1. The van der Waals surface area contributed by atoms with Crippen LogP contribution in [0.4, 0.5) is 11.8 Å². The fraction of sp³-hybridized carbons (Fsp3) is 0.400. The van der Waals surface area contributed by atoms with Gasteiger partial charge in [-0.05, 0) is 26.3 Å². The van der Waals surface area contributed by atoms with E-state index in [0.717, 1.165) is 5.39 Å². The molecule has 8 nitrogen and oxygen atoms in total. The molecule has 3 N–H and O–H groups in total. The van der Waals surface area contributed by atoms with Crippen molar-refractivity contribution in [2.75, 3.05) is 17.2 Å². The Kier molecular flexibility index (Phi) is 3.93. The minimum Gasteiger partial charge on any atom is -0.366 e. The van der Waals surface area contributed by atoms with Crippen LogP contribution in [0.2, 0.25) is 0 Å². The summed E-state index contributed by atoms with van der Waals surface area (Å²) in [6.45, 7) is 4.61. The third-order valence-corrected chi connectivity index (χ3v) is 3.46. The molecule has 0 radical (unpaired) electrons. The zero-order chi connectivity index (χ0) is 16.4. The summed E-state index contributed by atoms with van der Waals surface area (Å²) in [4.78, 5) is 24.6. The number of anilines is 2. The molecule has 23 heavy (non-hydrogen) atoms. The Morgan fingerprint density at radius 3 is 2.91 bits per heavy atom. The first-order chi connectivity index (χ1) is 11.1. The predicted molar refractivity (Wildman–Crippen MR) is 85.8 cm³/mol. The van der Waals surface area contributed by atoms with E-state index in [-0.39, 0.29) is 18.0 Å². The maximum absolute atomic E-state index is 11.6. The average molecular weight is 311 g/mol. The zero-order valence-electron chi connectivity index (χ0n) is 12.9. The van der Waals surface area contributed by atoms with E-state index in [0.29, 0.717) is 35.9 Å². The predicted octanol–water partition coefficient (Wildman–Crippen LogP) is 1.02. The number of nitrogens with zero attached hydrogens (tertiary/aromatic N) is 4. The molecular weight excluding hydrogens is 294 g/mol. The van der Waals surface area contributed by atoms with Gasteiger partial charge in [-0.15, -0.1) is 0 Å². The van der Waals surface area contributed by atoms with Crippen LogP contribution in [0.5, 0.6) is 0 Å². The molecule has 3 rings (SSSR count). The highest BCUT2D eigenvalue weighted by Crippen LogP contribution is 2.22. The number of amides is 1. The van der Waals surface area contributed by atoms with Crippen LogP contribution in [0.25, 0.3) is 10.9 Å². The molecule has 1 aliphatic heterocycles. The number of hydrogen-bond donors (Lipinski definition) is 3. The van der Waals surface area contributed by atoms with Crippen molar-refractivity contribution in [2.24, 2.45) is 0 Å². The number of pyridine rings is 1. The van der Waals surface area contributed by atoms with Gasteiger partial charge in [-0.3, -0.25) is 4.79 Å². The second-order valence-electron chi connectivity index (χ2n) is 5.68. The molecule has 0 spiro atoms. The van der Waals surface area contributed by atoms with E-state index in [1.807, 2.05) is 19.9 Å². The lowest BCUT2D eigenvalue weighted by atomic mass is 10.2. The van der Waals surface area contributed by atoms with E-state index < -0.39 is 0 Å². The molecule has 118 valence electrons. The van der Waals surface area contributed by atoms with Crippen LogP contribution >= 0.6 is 0 Å². The third-order valence-electron chi connectivity index (χ3n) is 3.46. The molecule has 0 bridgehead atoms. The molecule has 0 unspecified atom stereocenters. The quantitative estimate of drug-likeness (QED) is 0.772. The highest BCUT2D eigenvalue weighted by molar-refractivity contribution is 5.90. The Morgan fingerprint density at radius 1 is 1.43 bits per heavy atom. The maximum atomic E-state index is 11.6. The summed E-state index contributed by atoms with van der Waals surface area (Å²) in [5.74, 6) is 0.861. The first-order valence-electron chi connectivity index (χ1n) is 7.45. The molecule has 1 aliphatic rings. The lowest BCUT2D eigenvalue weighted by Crippen LogP contribution is -2.30. The number of aromatic nitrogens is 3. The number of hydrogen-bond acceptors (Lipinski definition) is 7. The van der Waals surface area contributed by atoms with Crippen LogP contribution in [-0.2, 0) is 4.79 Å². The molecule has 8 heteroatoms. The summed E-state index contributed by atoms with van der Waals surface area (Å²) in [5.41, 5.74) is 0.925. The van der Waals surface area contributed by atoms with E-state index in [2.05, 4.69) is 30.9 Å². The molecule has 0 saturated carbocycles. The van der Waals surface area contributed by atoms with Crippen LogP contribution in [0.15, 0.2) is 12.3 Å². The summed E-state index contributed by atoms with van der Waals surface area (Å²) >= 11 is 0. The van der Waals surface area contributed by atoms with Gasteiger partial charge in [0, 0.05) is 24.2 Å². The van der Waals surface area contributed by atoms with Crippen LogP contribution in [0, 0.1) is 11.3 Å². The Labute approximate surface area is 133 Å². The van der Waals surface area contributed by atoms with Gasteiger partial charge in [-0.1, -0.05) is 0 Å². The van der Waals surface area contributed by atoms with Crippen LogP contribution in [0.3, 0.4) is 0 Å². The first kappa shape index (κ1) is 15.0. The number of nitriles is 1. The Balaban J connectivity index is 2.00. The number of nitrogens with one attached hydrogen (secondary N) is 3. The number of carbonyl (C=O) groups is 1. The van der Waals surface area contributed by atoms with Gasteiger partial charge < -0.3 is 16.0 Å². The standard InChI is InChI=1S/C15H17N7O/c1-8(2)19-13-12-9(5-10(6-16)20-13)7-18-15(22-12)21-11-3-4-17-14(11)23/h5,7-8,11H,3-4H2,1-2H3,(H,17,23)(H,19,20)(H,18,21,22)/t11-/m0/s1. The van der Waals surface area contributed by atoms with Gasteiger partial charge in [0.15, 0.2) is 5.82 Å². The van der Waals surface area contributed by atoms with Gasteiger partial charge in [-0.2, -0.15) is 5.26 Å². The molecule has 3 heterocycles. The highest BCUT2D eigenvalue weighted by Gasteiger charge is 2.24. The third kappa shape index (κ3) is 3.13. The van der Waals surface area contributed by atoms with Crippen LogP contribution in [-0.4, -0.2) is 39.5 Å². The van der Waals surface area contributed by atoms with Crippen molar-refractivity contribution in [1.29, 1.82) is 5.26 Å². The first-order valence-corrected chi connectivity index (χ1v) is 7.45. The van der Waals surface area contributed by atoms with Crippen molar-refractivity contribution in [3.05, 3.63) is 18.0 Å². The van der Waals surface area contributed by atoms with Crippen molar-refractivity contribution in [2.45, 2.75) is 32.4 Å². The zero-order valence-corrected chi connectivity index (χ0v) is 12.9. The minimum atomic E-state index is -0.319. The van der Waals surface area contributed by atoms with Gasteiger partial charge in [0.1, 0.15) is 23.3 Å². The van der Waals surface area contributed by atoms with E-state index in [9.17, 15) is 4.79 Å². The molecule has 1 atom stereocenters. The monoisotopic (exact) mass is 311 g/mol. The SMILES string of the molecule is CC(C)Nc1nc(C#N)cc2cnc(N[C@H]3CCNC3=O)nc12.